The van der Waals surface area contributed by atoms with E-state index in [9.17, 15) is 9.90 Å². The molecule has 0 aliphatic carbocycles. The number of amides is 1. The number of thiazole rings is 1. The van der Waals surface area contributed by atoms with Gasteiger partial charge in [-0.25, -0.2) is 4.98 Å². The number of nitrogens with one attached hydrogen (secondary N) is 1. The van der Waals surface area contributed by atoms with Crippen molar-refractivity contribution in [3.63, 3.8) is 0 Å². The largest absolute Gasteiger partial charge is 0.504 e. The summed E-state index contributed by atoms with van der Waals surface area (Å²) < 4.78 is 4.91. The molecule has 2 aromatic rings. The van der Waals surface area contributed by atoms with Crippen LogP contribution in [-0.2, 0) is 0 Å². The molecule has 0 bridgehead atoms. The van der Waals surface area contributed by atoms with Gasteiger partial charge in [0.1, 0.15) is 6.61 Å². The van der Waals surface area contributed by atoms with E-state index < -0.39 is 5.91 Å². The van der Waals surface area contributed by atoms with E-state index in [4.69, 9.17) is 9.84 Å². The van der Waals surface area contributed by atoms with Crippen LogP contribution in [0.25, 0.3) is 0 Å². The van der Waals surface area contributed by atoms with Crippen LogP contribution in [0.1, 0.15) is 15.2 Å². The van der Waals surface area contributed by atoms with Gasteiger partial charge in [-0.05, 0) is 18.2 Å². The van der Waals surface area contributed by atoms with E-state index in [2.05, 4.69) is 22.1 Å². The first kappa shape index (κ1) is 14.8. The molecule has 21 heavy (non-hydrogen) atoms. The van der Waals surface area contributed by atoms with E-state index in [-0.39, 0.29) is 17.9 Å². The number of anilines is 1. The molecule has 0 unspecified atom stereocenters. The first-order valence-electron chi connectivity index (χ1n) is 5.88. The molecular formula is C14H12N2O4S. The molecule has 1 heterocycles. The number of aliphatic hydroxyl groups is 1. The molecule has 1 amide bonds. The minimum Gasteiger partial charge on any atom is -0.504 e. The summed E-state index contributed by atoms with van der Waals surface area (Å²) in [5.74, 6) is 4.98. The molecule has 6 nitrogen and oxygen atoms in total. The van der Waals surface area contributed by atoms with Crippen LogP contribution in [0.5, 0.6) is 11.5 Å². The highest BCUT2D eigenvalue weighted by Gasteiger charge is 2.11. The fourth-order valence-electron chi connectivity index (χ4n) is 1.52. The van der Waals surface area contributed by atoms with E-state index in [1.807, 2.05) is 0 Å². The third kappa shape index (κ3) is 3.72. The zero-order valence-electron chi connectivity index (χ0n) is 11.1. The van der Waals surface area contributed by atoms with Crippen LogP contribution in [0.3, 0.4) is 0 Å². The normalized spacial score (nSPS) is 9.62. The number of hydrogen-bond acceptors (Lipinski definition) is 6. The quantitative estimate of drug-likeness (QED) is 0.747. The van der Waals surface area contributed by atoms with E-state index in [0.717, 1.165) is 0 Å². The summed E-state index contributed by atoms with van der Waals surface area (Å²) in [5.41, 5.74) is 0.284. The van der Waals surface area contributed by atoms with Crippen molar-refractivity contribution in [2.75, 3.05) is 19.0 Å². The van der Waals surface area contributed by atoms with Gasteiger partial charge in [0, 0.05) is 5.56 Å². The molecular weight excluding hydrogens is 292 g/mol. The maximum absolute atomic E-state index is 12.0. The van der Waals surface area contributed by atoms with Crippen molar-refractivity contribution in [2.24, 2.45) is 0 Å². The van der Waals surface area contributed by atoms with Crippen molar-refractivity contribution in [1.29, 1.82) is 0 Å². The molecule has 0 saturated heterocycles. The van der Waals surface area contributed by atoms with Crippen molar-refractivity contribution >= 4 is 22.4 Å². The number of aromatic nitrogens is 1. The highest BCUT2D eigenvalue weighted by atomic mass is 32.1. The number of rotatable bonds is 3. The molecule has 0 radical (unpaired) electrons. The fraction of sp³-hybridized carbons (Fsp3) is 0.143. The van der Waals surface area contributed by atoms with Crippen molar-refractivity contribution in [3.05, 3.63) is 34.8 Å². The Morgan fingerprint density at radius 2 is 2.33 bits per heavy atom. The van der Waals surface area contributed by atoms with Crippen molar-refractivity contribution in [1.82, 2.24) is 4.98 Å². The van der Waals surface area contributed by atoms with Gasteiger partial charge < -0.3 is 14.9 Å². The van der Waals surface area contributed by atoms with Crippen LogP contribution in [0, 0.1) is 11.8 Å². The molecule has 7 heteroatoms. The van der Waals surface area contributed by atoms with Crippen LogP contribution in [0.15, 0.2) is 24.4 Å². The Hall–Kier alpha value is -2.56. The third-order valence-corrected chi connectivity index (χ3v) is 3.29. The van der Waals surface area contributed by atoms with Gasteiger partial charge in [0.2, 0.25) is 0 Å². The second-order valence-electron chi connectivity index (χ2n) is 3.83. The Balaban J connectivity index is 2.10. The maximum atomic E-state index is 12.0. The molecule has 2 rings (SSSR count). The van der Waals surface area contributed by atoms with Crippen molar-refractivity contribution in [2.45, 2.75) is 0 Å². The second kappa shape index (κ2) is 6.74. The number of hydrogen-bond donors (Lipinski definition) is 3. The number of carbonyl (C=O) groups is 1. The summed E-state index contributed by atoms with van der Waals surface area (Å²) in [7, 11) is 1.43. The number of methoxy groups -OCH3 is 1. The molecule has 0 aliphatic rings. The first-order valence-corrected chi connectivity index (χ1v) is 6.69. The van der Waals surface area contributed by atoms with E-state index in [1.54, 1.807) is 0 Å². The molecule has 1 aromatic heterocycles. The van der Waals surface area contributed by atoms with Crippen LogP contribution >= 0.6 is 11.3 Å². The number of carbonyl (C=O) groups excluding carboxylic acids is 1. The molecule has 3 N–H and O–H groups in total. The molecule has 0 fully saturated rings. The van der Waals surface area contributed by atoms with E-state index in [1.165, 1.54) is 42.8 Å². The maximum Gasteiger partial charge on any atom is 0.257 e. The smallest absolute Gasteiger partial charge is 0.257 e. The first-order chi connectivity index (χ1) is 10.1. The molecule has 0 saturated carbocycles. The number of aliphatic hydroxyl groups excluding tert-OH is 1. The highest BCUT2D eigenvalue weighted by Crippen LogP contribution is 2.27. The van der Waals surface area contributed by atoms with Crippen molar-refractivity contribution < 1.29 is 19.7 Å². The van der Waals surface area contributed by atoms with Gasteiger partial charge in [-0.2, -0.15) is 0 Å². The minimum atomic E-state index is -0.399. The molecule has 1 aromatic carbocycles. The zero-order valence-corrected chi connectivity index (χ0v) is 11.9. The summed E-state index contributed by atoms with van der Waals surface area (Å²) in [6.07, 6.45) is 1.51. The van der Waals surface area contributed by atoms with Crippen LogP contribution in [0.2, 0.25) is 0 Å². The average molecular weight is 304 g/mol. The lowest BCUT2D eigenvalue weighted by molar-refractivity contribution is 0.102. The number of nitrogens with zero attached hydrogens (tertiary/aromatic N) is 1. The fourth-order valence-corrected chi connectivity index (χ4v) is 2.20. The van der Waals surface area contributed by atoms with E-state index in [0.29, 0.717) is 15.8 Å². The van der Waals surface area contributed by atoms with Gasteiger partial charge in [-0.3, -0.25) is 10.1 Å². The summed E-state index contributed by atoms with van der Waals surface area (Å²) in [6.45, 7) is -0.231. The van der Waals surface area contributed by atoms with Crippen molar-refractivity contribution in [3.8, 4) is 23.3 Å². The van der Waals surface area contributed by atoms with Gasteiger partial charge >= 0.3 is 0 Å². The number of phenols is 1. The lowest BCUT2D eigenvalue weighted by atomic mass is 10.2. The van der Waals surface area contributed by atoms with Gasteiger partial charge in [0.25, 0.3) is 5.91 Å². The van der Waals surface area contributed by atoms with Crippen LogP contribution in [-0.4, -0.2) is 34.8 Å². The van der Waals surface area contributed by atoms with Gasteiger partial charge in [-0.15, -0.1) is 0 Å². The lowest BCUT2D eigenvalue weighted by Gasteiger charge is -2.05. The molecule has 0 aliphatic heterocycles. The van der Waals surface area contributed by atoms with Crippen LogP contribution < -0.4 is 10.1 Å². The predicted octanol–water partition coefficient (Wildman–Crippen LogP) is 1.45. The number of benzene rings is 1. The average Bonchev–Trinajstić information content (AvgIpc) is 2.92. The molecule has 0 spiro atoms. The van der Waals surface area contributed by atoms with Gasteiger partial charge in [-0.1, -0.05) is 23.2 Å². The third-order valence-electron chi connectivity index (χ3n) is 2.46. The Bertz CT molecular complexity index is 715. The summed E-state index contributed by atoms with van der Waals surface area (Å²) in [4.78, 5) is 16.7. The second-order valence-corrected chi connectivity index (χ2v) is 4.86. The minimum absolute atomic E-state index is 0.112. The standard InChI is InChI=1S/C14H12N2O4S/c1-20-12-5-4-9(7-11(12)18)13(19)16-14-15-8-10(21-14)3-2-6-17/h4-5,7-8,17-18H,6H2,1H3,(H,15,16,19). The number of aromatic hydroxyl groups is 1. The predicted molar refractivity (Wildman–Crippen MR) is 78.7 cm³/mol. The monoisotopic (exact) mass is 304 g/mol. The molecule has 0 atom stereocenters. The highest BCUT2D eigenvalue weighted by molar-refractivity contribution is 7.16. The summed E-state index contributed by atoms with van der Waals surface area (Å²) >= 11 is 1.19. The lowest BCUT2D eigenvalue weighted by Crippen LogP contribution is -2.11. The number of ether oxygens (including phenoxy) is 1. The summed E-state index contributed by atoms with van der Waals surface area (Å²) in [5, 5.41) is 21.2. The number of phenolic OH excluding ortho intramolecular Hbond substituents is 1. The summed E-state index contributed by atoms with van der Waals surface area (Å²) in [6, 6.07) is 4.35. The van der Waals surface area contributed by atoms with Crippen LogP contribution in [0.4, 0.5) is 5.13 Å². The molecule has 108 valence electrons. The Morgan fingerprint density at radius 3 is 3.00 bits per heavy atom. The Morgan fingerprint density at radius 1 is 1.52 bits per heavy atom. The Kier molecular flexibility index (Phi) is 4.77. The SMILES string of the molecule is COc1ccc(C(=O)Nc2ncc(C#CCO)s2)cc1O. The zero-order chi connectivity index (χ0) is 15.2. The van der Waals surface area contributed by atoms with E-state index >= 15 is 0 Å². The van der Waals surface area contributed by atoms with Gasteiger partial charge in [0.15, 0.2) is 16.6 Å². The topological polar surface area (TPSA) is 91.7 Å². The Labute approximate surface area is 125 Å². The van der Waals surface area contributed by atoms with Gasteiger partial charge in [0.05, 0.1) is 18.2 Å².